The number of nitrogens with one attached hydrogen (secondary N) is 1. The van der Waals surface area contributed by atoms with Crippen LogP contribution in [0.4, 0.5) is 4.79 Å². The second-order valence-corrected chi connectivity index (χ2v) is 5.70. The molecule has 2 amide bonds. The lowest BCUT2D eigenvalue weighted by atomic mass is 9.98. The second-order valence-electron chi connectivity index (χ2n) is 5.70. The number of carbonyl (C=O) groups excluding carboxylic acids is 2. The molecule has 0 saturated carbocycles. The Labute approximate surface area is 129 Å². The molecule has 22 heavy (non-hydrogen) atoms. The first kappa shape index (κ1) is 16.4. The SMILES string of the molecule is COC(=O)c1oc(CN2CCCC(CNC(N)=O)C2)cc1C. The third-order valence-corrected chi connectivity index (χ3v) is 3.89. The van der Waals surface area contributed by atoms with Gasteiger partial charge in [-0.15, -0.1) is 0 Å². The van der Waals surface area contributed by atoms with Crippen LogP contribution < -0.4 is 11.1 Å². The average molecular weight is 309 g/mol. The number of furan rings is 1. The van der Waals surface area contributed by atoms with Gasteiger partial charge in [-0.05, 0) is 38.3 Å². The first-order valence-corrected chi connectivity index (χ1v) is 7.43. The molecular formula is C15H23N3O4. The Bertz CT molecular complexity index is 541. The van der Waals surface area contributed by atoms with Gasteiger partial charge in [0.25, 0.3) is 0 Å². The minimum atomic E-state index is -0.485. The molecule has 2 heterocycles. The van der Waals surface area contributed by atoms with E-state index in [0.29, 0.717) is 19.0 Å². The fraction of sp³-hybridized carbons (Fsp3) is 0.600. The van der Waals surface area contributed by atoms with E-state index in [1.54, 1.807) is 0 Å². The molecule has 0 radical (unpaired) electrons. The van der Waals surface area contributed by atoms with E-state index in [-0.39, 0.29) is 5.76 Å². The van der Waals surface area contributed by atoms with E-state index in [1.165, 1.54) is 7.11 Å². The molecule has 1 atom stereocenters. The van der Waals surface area contributed by atoms with Gasteiger partial charge in [0.1, 0.15) is 5.76 Å². The number of nitrogens with two attached hydrogens (primary N) is 1. The lowest BCUT2D eigenvalue weighted by molar-refractivity contribution is 0.0558. The molecule has 0 spiro atoms. The Morgan fingerprint density at radius 2 is 2.32 bits per heavy atom. The van der Waals surface area contributed by atoms with Crippen LogP contribution in [0.15, 0.2) is 10.5 Å². The highest BCUT2D eigenvalue weighted by Crippen LogP contribution is 2.21. The van der Waals surface area contributed by atoms with Gasteiger partial charge in [-0.2, -0.15) is 0 Å². The minimum Gasteiger partial charge on any atom is -0.463 e. The van der Waals surface area contributed by atoms with Crippen LogP contribution in [-0.4, -0.2) is 43.6 Å². The van der Waals surface area contributed by atoms with Gasteiger partial charge in [0.05, 0.1) is 13.7 Å². The van der Waals surface area contributed by atoms with Crippen LogP contribution in [0.5, 0.6) is 0 Å². The molecule has 1 aromatic heterocycles. The monoisotopic (exact) mass is 309 g/mol. The van der Waals surface area contributed by atoms with Crippen LogP contribution in [0.2, 0.25) is 0 Å². The van der Waals surface area contributed by atoms with E-state index in [2.05, 4.69) is 10.2 Å². The van der Waals surface area contributed by atoms with E-state index in [9.17, 15) is 9.59 Å². The molecule has 1 aliphatic rings. The number of carbonyl (C=O) groups is 2. The Kier molecular flexibility index (Phi) is 5.43. The molecule has 1 fully saturated rings. The number of rotatable bonds is 5. The van der Waals surface area contributed by atoms with Crippen molar-refractivity contribution in [1.82, 2.24) is 10.2 Å². The smallest absolute Gasteiger partial charge is 0.374 e. The number of esters is 1. The summed E-state index contributed by atoms with van der Waals surface area (Å²) in [5, 5.41) is 2.66. The minimum absolute atomic E-state index is 0.265. The van der Waals surface area contributed by atoms with E-state index >= 15 is 0 Å². The number of piperidine rings is 1. The number of primary amides is 1. The molecule has 0 aliphatic carbocycles. The van der Waals surface area contributed by atoms with E-state index in [0.717, 1.165) is 37.3 Å². The average Bonchev–Trinajstić information content (AvgIpc) is 2.85. The lowest BCUT2D eigenvalue weighted by Gasteiger charge is -2.32. The summed E-state index contributed by atoms with van der Waals surface area (Å²) in [6.45, 7) is 4.91. The number of urea groups is 1. The van der Waals surface area contributed by atoms with Crippen molar-refractivity contribution in [3.05, 3.63) is 23.2 Å². The van der Waals surface area contributed by atoms with Gasteiger partial charge in [-0.25, -0.2) is 9.59 Å². The largest absolute Gasteiger partial charge is 0.463 e. The first-order chi connectivity index (χ1) is 10.5. The normalized spacial score (nSPS) is 18.9. The Hall–Kier alpha value is -2.02. The van der Waals surface area contributed by atoms with E-state index in [4.69, 9.17) is 14.9 Å². The van der Waals surface area contributed by atoms with E-state index in [1.807, 2.05) is 13.0 Å². The molecular weight excluding hydrogens is 286 g/mol. The first-order valence-electron chi connectivity index (χ1n) is 7.43. The molecule has 1 saturated heterocycles. The summed E-state index contributed by atoms with van der Waals surface area (Å²) >= 11 is 0. The number of ether oxygens (including phenoxy) is 1. The molecule has 3 N–H and O–H groups in total. The molecule has 122 valence electrons. The van der Waals surface area contributed by atoms with Crippen molar-refractivity contribution in [3.8, 4) is 0 Å². The Morgan fingerprint density at radius 1 is 1.55 bits per heavy atom. The summed E-state index contributed by atoms with van der Waals surface area (Å²) in [6.07, 6.45) is 2.13. The standard InChI is InChI=1S/C15H23N3O4/c1-10-6-12(22-13(10)14(19)21-2)9-18-5-3-4-11(8-18)7-17-15(16)20/h6,11H,3-5,7-9H2,1-2H3,(H3,16,17,20). The predicted molar refractivity (Wildman–Crippen MR) is 80.4 cm³/mol. The number of amides is 2. The molecule has 2 rings (SSSR count). The summed E-state index contributed by atoms with van der Waals surface area (Å²) in [5.41, 5.74) is 5.89. The highest BCUT2D eigenvalue weighted by Gasteiger charge is 2.22. The molecule has 1 unspecified atom stereocenters. The Morgan fingerprint density at radius 3 is 3.00 bits per heavy atom. The molecule has 0 aromatic carbocycles. The van der Waals surface area contributed by atoms with Gasteiger partial charge in [-0.1, -0.05) is 0 Å². The second kappa shape index (κ2) is 7.31. The number of hydrogen-bond donors (Lipinski definition) is 2. The van der Waals surface area contributed by atoms with Crippen LogP contribution in [0.25, 0.3) is 0 Å². The molecule has 1 aliphatic heterocycles. The number of hydrogen-bond acceptors (Lipinski definition) is 5. The van der Waals surface area contributed by atoms with Crippen molar-refractivity contribution in [2.24, 2.45) is 11.7 Å². The van der Waals surface area contributed by atoms with E-state index < -0.39 is 12.0 Å². The van der Waals surface area contributed by atoms with Gasteiger partial charge in [-0.3, -0.25) is 4.90 Å². The highest BCUT2D eigenvalue weighted by atomic mass is 16.5. The number of aryl methyl sites for hydroxylation is 1. The lowest BCUT2D eigenvalue weighted by Crippen LogP contribution is -2.41. The molecule has 1 aromatic rings. The molecule has 0 bridgehead atoms. The number of methoxy groups -OCH3 is 1. The zero-order valence-electron chi connectivity index (χ0n) is 13.1. The summed E-state index contributed by atoms with van der Waals surface area (Å²) in [5.74, 6) is 0.950. The summed E-state index contributed by atoms with van der Waals surface area (Å²) in [7, 11) is 1.34. The van der Waals surface area contributed by atoms with Crippen LogP contribution in [0.3, 0.4) is 0 Å². The fourth-order valence-electron chi connectivity index (χ4n) is 2.85. The van der Waals surface area contributed by atoms with Crippen LogP contribution in [0.1, 0.15) is 34.7 Å². The third kappa shape index (κ3) is 4.24. The van der Waals surface area contributed by atoms with Crippen molar-refractivity contribution >= 4 is 12.0 Å². The highest BCUT2D eigenvalue weighted by molar-refractivity contribution is 5.87. The van der Waals surface area contributed by atoms with Crippen molar-refractivity contribution in [3.63, 3.8) is 0 Å². The topological polar surface area (TPSA) is 97.8 Å². The van der Waals surface area contributed by atoms with Crippen LogP contribution in [-0.2, 0) is 11.3 Å². The maximum Gasteiger partial charge on any atom is 0.374 e. The van der Waals surface area contributed by atoms with Crippen molar-refractivity contribution in [2.45, 2.75) is 26.3 Å². The summed E-state index contributed by atoms with van der Waals surface area (Å²) < 4.78 is 10.3. The number of likely N-dealkylation sites (tertiary alicyclic amines) is 1. The summed E-state index contributed by atoms with van der Waals surface area (Å²) in [6, 6.07) is 1.39. The van der Waals surface area contributed by atoms with Crippen molar-refractivity contribution < 1.29 is 18.7 Å². The maximum atomic E-state index is 11.6. The zero-order chi connectivity index (χ0) is 16.1. The quantitative estimate of drug-likeness (QED) is 0.798. The Balaban J connectivity index is 1.92. The summed E-state index contributed by atoms with van der Waals surface area (Å²) in [4.78, 5) is 24.6. The van der Waals surface area contributed by atoms with Gasteiger partial charge >= 0.3 is 12.0 Å². The maximum absolute atomic E-state index is 11.6. The number of nitrogens with zero attached hydrogens (tertiary/aromatic N) is 1. The van der Waals surface area contributed by atoms with Gasteiger partial charge in [0.2, 0.25) is 5.76 Å². The molecule has 7 heteroatoms. The fourth-order valence-corrected chi connectivity index (χ4v) is 2.85. The predicted octanol–water partition coefficient (Wildman–Crippen LogP) is 1.25. The van der Waals surface area contributed by atoms with Gasteiger partial charge < -0.3 is 20.2 Å². The third-order valence-electron chi connectivity index (χ3n) is 3.89. The molecule has 7 nitrogen and oxygen atoms in total. The van der Waals surface area contributed by atoms with Gasteiger partial charge in [0, 0.05) is 18.7 Å². The van der Waals surface area contributed by atoms with Crippen molar-refractivity contribution in [1.29, 1.82) is 0 Å². The van der Waals surface area contributed by atoms with Crippen LogP contribution >= 0.6 is 0 Å². The van der Waals surface area contributed by atoms with Crippen LogP contribution in [0, 0.1) is 12.8 Å². The van der Waals surface area contributed by atoms with Gasteiger partial charge in [0.15, 0.2) is 0 Å². The van der Waals surface area contributed by atoms with Crippen molar-refractivity contribution in [2.75, 3.05) is 26.7 Å². The zero-order valence-corrected chi connectivity index (χ0v) is 13.1.